The van der Waals surface area contributed by atoms with Crippen LogP contribution in [0.1, 0.15) is 6.42 Å². The molecule has 0 saturated carbocycles. The van der Waals surface area contributed by atoms with Crippen LogP contribution in [0.4, 0.5) is 10.1 Å². The number of carbonyl (C=O) groups is 1. The second-order valence-corrected chi connectivity index (χ2v) is 5.63. The summed E-state index contributed by atoms with van der Waals surface area (Å²) in [5.74, 6) is 0.549. The van der Waals surface area contributed by atoms with Crippen molar-refractivity contribution in [2.45, 2.75) is 18.6 Å². The minimum absolute atomic E-state index is 0. The molecule has 134 valence electrons. The van der Waals surface area contributed by atoms with E-state index >= 15 is 0 Å². The number of benzene rings is 2. The molecule has 0 radical (unpaired) electrons. The first-order valence-electron chi connectivity index (χ1n) is 7.74. The highest BCUT2D eigenvalue weighted by Gasteiger charge is 2.29. The number of halogens is 2. The van der Waals surface area contributed by atoms with Crippen LogP contribution in [0.15, 0.2) is 48.5 Å². The Hall–Kier alpha value is -2.15. The number of carbonyl (C=O) groups excluding carboxylic acids is 1. The number of hydrogen-bond acceptors (Lipinski definition) is 4. The summed E-state index contributed by atoms with van der Waals surface area (Å²) in [5, 5.41) is 5.99. The lowest BCUT2D eigenvalue weighted by atomic mass is 10.2. The predicted molar refractivity (Wildman–Crippen MR) is 96.0 cm³/mol. The van der Waals surface area contributed by atoms with Gasteiger partial charge in [0.15, 0.2) is 0 Å². The molecule has 2 N–H and O–H groups in total. The number of nitrogens with one attached hydrogen (secondary N) is 2. The minimum atomic E-state index is -0.352. The van der Waals surface area contributed by atoms with E-state index in [-0.39, 0.29) is 36.3 Å². The zero-order valence-electron chi connectivity index (χ0n) is 13.7. The number of ether oxygens (including phenoxy) is 2. The molecule has 1 amide bonds. The third-order valence-corrected chi connectivity index (χ3v) is 3.89. The van der Waals surface area contributed by atoms with Crippen molar-refractivity contribution in [2.75, 3.05) is 19.0 Å². The molecular weight excluding hydrogens is 347 g/mol. The van der Waals surface area contributed by atoms with E-state index in [9.17, 15) is 9.18 Å². The van der Waals surface area contributed by atoms with Gasteiger partial charge in [0, 0.05) is 25.4 Å². The summed E-state index contributed by atoms with van der Waals surface area (Å²) in [4.78, 5) is 12.2. The van der Waals surface area contributed by atoms with Gasteiger partial charge in [-0.1, -0.05) is 6.07 Å². The van der Waals surface area contributed by atoms with Crippen LogP contribution in [0, 0.1) is 5.82 Å². The van der Waals surface area contributed by atoms with Crippen LogP contribution >= 0.6 is 12.4 Å². The van der Waals surface area contributed by atoms with Crippen molar-refractivity contribution in [1.29, 1.82) is 0 Å². The van der Waals surface area contributed by atoms with Crippen molar-refractivity contribution in [3.8, 4) is 11.5 Å². The van der Waals surface area contributed by atoms with E-state index in [1.165, 1.54) is 12.1 Å². The number of amides is 1. The Bertz CT molecular complexity index is 712. The molecule has 0 unspecified atom stereocenters. The standard InChI is InChI=1S/C18H19FN2O3.ClH/c1-23-16-10-17(20-11-16)18(22)21-13-5-7-14(8-6-13)24-15-4-2-3-12(19)9-15;/h2-9,16-17,20H,10-11H2,1H3,(H,21,22);1H/t16-,17+;/m0./s1. The van der Waals surface area contributed by atoms with Gasteiger partial charge in [0.2, 0.25) is 5.91 Å². The summed E-state index contributed by atoms with van der Waals surface area (Å²) in [6.45, 7) is 0.676. The maximum absolute atomic E-state index is 13.1. The smallest absolute Gasteiger partial charge is 0.241 e. The molecule has 2 aromatic carbocycles. The topological polar surface area (TPSA) is 59.6 Å². The summed E-state index contributed by atoms with van der Waals surface area (Å²) in [7, 11) is 1.64. The summed E-state index contributed by atoms with van der Waals surface area (Å²) in [5.41, 5.74) is 0.675. The van der Waals surface area contributed by atoms with Gasteiger partial charge >= 0.3 is 0 Å². The van der Waals surface area contributed by atoms with E-state index in [0.717, 1.165) is 0 Å². The first kappa shape index (κ1) is 19.2. The van der Waals surface area contributed by atoms with Crippen LogP contribution in [0.3, 0.4) is 0 Å². The molecular formula is C18H20ClFN2O3. The van der Waals surface area contributed by atoms with Gasteiger partial charge in [0.1, 0.15) is 17.3 Å². The van der Waals surface area contributed by atoms with Gasteiger partial charge in [-0.3, -0.25) is 4.79 Å². The molecule has 1 saturated heterocycles. The fourth-order valence-electron chi connectivity index (χ4n) is 2.58. The fourth-order valence-corrected chi connectivity index (χ4v) is 2.58. The summed E-state index contributed by atoms with van der Waals surface area (Å²) in [6, 6.07) is 12.6. The third kappa shape index (κ3) is 5.16. The molecule has 7 heteroatoms. The Balaban J connectivity index is 0.00000225. The molecule has 0 aliphatic carbocycles. The molecule has 3 rings (SSSR count). The maximum atomic E-state index is 13.1. The Labute approximate surface area is 151 Å². The first-order chi connectivity index (χ1) is 11.6. The van der Waals surface area contributed by atoms with Crippen molar-refractivity contribution >= 4 is 24.0 Å². The first-order valence-corrected chi connectivity index (χ1v) is 7.74. The zero-order valence-corrected chi connectivity index (χ0v) is 14.5. The lowest BCUT2D eigenvalue weighted by Gasteiger charge is -2.12. The molecule has 2 aromatic rings. The average Bonchev–Trinajstić information content (AvgIpc) is 3.06. The fraction of sp³-hybridized carbons (Fsp3) is 0.278. The Kier molecular flexibility index (Phi) is 6.75. The number of hydrogen-bond donors (Lipinski definition) is 2. The molecule has 2 atom stereocenters. The molecule has 0 aromatic heterocycles. The third-order valence-electron chi connectivity index (χ3n) is 3.89. The monoisotopic (exact) mass is 366 g/mol. The molecule has 0 spiro atoms. The minimum Gasteiger partial charge on any atom is -0.457 e. The van der Waals surface area contributed by atoms with E-state index in [2.05, 4.69) is 10.6 Å². The normalized spacial score (nSPS) is 19.1. The summed E-state index contributed by atoms with van der Waals surface area (Å²) < 4.78 is 23.9. The van der Waals surface area contributed by atoms with Crippen LogP contribution < -0.4 is 15.4 Å². The highest BCUT2D eigenvalue weighted by molar-refractivity contribution is 5.95. The van der Waals surface area contributed by atoms with Gasteiger partial charge in [0.25, 0.3) is 0 Å². The van der Waals surface area contributed by atoms with E-state index < -0.39 is 0 Å². The molecule has 25 heavy (non-hydrogen) atoms. The lowest BCUT2D eigenvalue weighted by molar-refractivity contribution is -0.118. The molecule has 1 aliphatic heterocycles. The molecule has 1 fully saturated rings. The van der Waals surface area contributed by atoms with Crippen molar-refractivity contribution in [3.63, 3.8) is 0 Å². The molecule has 1 aliphatic rings. The summed E-state index contributed by atoms with van der Waals surface area (Å²) >= 11 is 0. The van der Waals surface area contributed by atoms with Gasteiger partial charge in [-0.25, -0.2) is 4.39 Å². The molecule has 5 nitrogen and oxygen atoms in total. The van der Waals surface area contributed by atoms with E-state index in [0.29, 0.717) is 30.2 Å². The van der Waals surface area contributed by atoms with Crippen molar-refractivity contribution in [2.24, 2.45) is 0 Å². The van der Waals surface area contributed by atoms with E-state index in [1.54, 1.807) is 43.5 Å². The highest BCUT2D eigenvalue weighted by atomic mass is 35.5. The van der Waals surface area contributed by atoms with Crippen LogP contribution in [0.25, 0.3) is 0 Å². The Morgan fingerprint density at radius 1 is 1.20 bits per heavy atom. The zero-order chi connectivity index (χ0) is 16.9. The number of anilines is 1. The van der Waals surface area contributed by atoms with Gasteiger partial charge in [-0.2, -0.15) is 0 Å². The second-order valence-electron chi connectivity index (χ2n) is 5.63. The van der Waals surface area contributed by atoms with Crippen LogP contribution in [-0.4, -0.2) is 31.7 Å². The molecule has 1 heterocycles. The number of rotatable bonds is 5. The van der Waals surface area contributed by atoms with Crippen LogP contribution in [0.2, 0.25) is 0 Å². The largest absolute Gasteiger partial charge is 0.457 e. The Morgan fingerprint density at radius 2 is 1.96 bits per heavy atom. The second kappa shape index (κ2) is 8.80. The average molecular weight is 367 g/mol. The van der Waals surface area contributed by atoms with Gasteiger partial charge in [-0.15, -0.1) is 12.4 Å². The lowest BCUT2D eigenvalue weighted by Crippen LogP contribution is -2.35. The highest BCUT2D eigenvalue weighted by Crippen LogP contribution is 2.23. The van der Waals surface area contributed by atoms with Crippen LogP contribution in [-0.2, 0) is 9.53 Å². The van der Waals surface area contributed by atoms with Crippen LogP contribution in [0.5, 0.6) is 11.5 Å². The summed E-state index contributed by atoms with van der Waals surface area (Å²) in [6.07, 6.45) is 0.728. The van der Waals surface area contributed by atoms with Gasteiger partial charge in [-0.05, 0) is 42.8 Å². The van der Waals surface area contributed by atoms with Crippen molar-refractivity contribution in [3.05, 3.63) is 54.3 Å². The SMILES string of the molecule is CO[C@@H]1CN[C@@H](C(=O)Nc2ccc(Oc3cccc(F)c3)cc2)C1.Cl. The van der Waals surface area contributed by atoms with E-state index in [1.807, 2.05) is 0 Å². The van der Waals surface area contributed by atoms with Gasteiger partial charge < -0.3 is 20.1 Å². The Morgan fingerprint density at radius 3 is 2.60 bits per heavy atom. The van der Waals surface area contributed by atoms with Crippen molar-refractivity contribution < 1.29 is 18.7 Å². The molecule has 0 bridgehead atoms. The number of methoxy groups -OCH3 is 1. The van der Waals surface area contributed by atoms with E-state index in [4.69, 9.17) is 9.47 Å². The van der Waals surface area contributed by atoms with Gasteiger partial charge in [0.05, 0.1) is 12.1 Å². The predicted octanol–water partition coefficient (Wildman–Crippen LogP) is 3.36. The maximum Gasteiger partial charge on any atom is 0.241 e. The quantitative estimate of drug-likeness (QED) is 0.852. The van der Waals surface area contributed by atoms with Crippen molar-refractivity contribution in [1.82, 2.24) is 5.32 Å².